The van der Waals surface area contributed by atoms with Crippen molar-refractivity contribution < 1.29 is 24.0 Å². The van der Waals surface area contributed by atoms with Crippen molar-refractivity contribution in [2.24, 2.45) is 0 Å². The molecule has 0 atom stereocenters. The number of nitrogens with zero attached hydrogens (tertiary/aromatic N) is 1. The molecule has 0 radical (unpaired) electrons. The van der Waals surface area contributed by atoms with E-state index >= 15 is 0 Å². The van der Waals surface area contributed by atoms with Crippen LogP contribution in [0.25, 0.3) is 0 Å². The van der Waals surface area contributed by atoms with E-state index in [1.165, 1.54) is 24.3 Å². The Bertz CT molecular complexity index is 763. The van der Waals surface area contributed by atoms with Gasteiger partial charge in [0.2, 0.25) is 5.75 Å². The maximum Gasteiger partial charge on any atom is 0.419 e. The van der Waals surface area contributed by atoms with Crippen LogP contribution in [0.15, 0.2) is 48.5 Å². The highest BCUT2D eigenvalue weighted by molar-refractivity contribution is 6.30. The predicted octanol–water partition coefficient (Wildman–Crippen LogP) is 2.94. The van der Waals surface area contributed by atoms with Crippen molar-refractivity contribution >= 4 is 29.3 Å². The Morgan fingerprint density at radius 3 is 2.46 bits per heavy atom. The minimum atomic E-state index is -1.14. The zero-order chi connectivity index (χ0) is 17.5. The van der Waals surface area contributed by atoms with Gasteiger partial charge in [-0.05, 0) is 30.3 Å². The zero-order valence-electron chi connectivity index (χ0n) is 12.1. The summed E-state index contributed by atoms with van der Waals surface area (Å²) in [6.45, 7) is -0.437. The first-order chi connectivity index (χ1) is 11.5. The fourth-order valence-corrected chi connectivity index (χ4v) is 1.78. The molecule has 8 nitrogen and oxygen atoms in total. The Morgan fingerprint density at radius 2 is 1.79 bits per heavy atom. The third kappa shape index (κ3) is 4.96. The molecule has 0 bridgehead atoms. The number of hydrogen-bond donors (Lipinski definition) is 1. The van der Waals surface area contributed by atoms with Crippen molar-refractivity contribution in [2.75, 3.05) is 6.61 Å². The quantitative estimate of drug-likeness (QED) is 0.656. The first-order valence-electron chi connectivity index (χ1n) is 6.59. The monoisotopic (exact) mass is 350 g/mol. The number of carbonyl (C=O) groups is 2. The number of hydrogen-bond acceptors (Lipinski definition) is 6. The fourth-order valence-electron chi connectivity index (χ4n) is 1.65. The van der Waals surface area contributed by atoms with Crippen LogP contribution in [-0.2, 0) is 4.79 Å². The number of nitro groups is 1. The Morgan fingerprint density at radius 1 is 1.12 bits per heavy atom. The van der Waals surface area contributed by atoms with Crippen molar-refractivity contribution in [1.29, 1.82) is 0 Å². The van der Waals surface area contributed by atoms with Gasteiger partial charge in [-0.2, -0.15) is 0 Å². The molecule has 9 heteroatoms. The highest BCUT2D eigenvalue weighted by Gasteiger charge is 2.18. The number of rotatable bonds is 5. The second kappa shape index (κ2) is 7.93. The molecule has 0 saturated heterocycles. The van der Waals surface area contributed by atoms with E-state index < -0.39 is 29.2 Å². The summed E-state index contributed by atoms with van der Waals surface area (Å²) in [6, 6.07) is 11.6. The molecule has 24 heavy (non-hydrogen) atoms. The Hall–Kier alpha value is -3.13. The number of amides is 2. The summed E-state index contributed by atoms with van der Waals surface area (Å²) < 4.78 is 9.91. The fraction of sp³-hybridized carbons (Fsp3) is 0.0667. The normalized spacial score (nSPS) is 9.88. The van der Waals surface area contributed by atoms with Gasteiger partial charge < -0.3 is 9.47 Å². The third-order valence-corrected chi connectivity index (χ3v) is 2.94. The van der Waals surface area contributed by atoms with Gasteiger partial charge in [0.05, 0.1) is 4.92 Å². The number of nitro benzene ring substituents is 1. The molecule has 0 heterocycles. The van der Waals surface area contributed by atoms with Crippen molar-refractivity contribution in [3.05, 3.63) is 63.7 Å². The molecule has 0 saturated carbocycles. The zero-order valence-corrected chi connectivity index (χ0v) is 12.9. The molecule has 1 N–H and O–H groups in total. The summed E-state index contributed by atoms with van der Waals surface area (Å²) in [5.41, 5.74) is -0.391. The first kappa shape index (κ1) is 17.2. The third-order valence-electron chi connectivity index (χ3n) is 2.69. The lowest BCUT2D eigenvalue weighted by atomic mass is 10.3. The standard InChI is InChI=1S/C15H11ClN2O6/c16-10-5-7-11(8-6-10)23-9-14(19)17-15(20)24-13-4-2-1-3-12(13)18(21)22/h1-8H,9H2,(H,17,19,20). The lowest BCUT2D eigenvalue weighted by Crippen LogP contribution is -2.36. The van der Waals surface area contributed by atoms with Gasteiger partial charge in [0.1, 0.15) is 5.75 Å². The number of carbonyl (C=O) groups excluding carboxylic acids is 2. The summed E-state index contributed by atoms with van der Waals surface area (Å²) in [4.78, 5) is 33.3. The molecule has 2 aromatic rings. The van der Waals surface area contributed by atoms with Crippen LogP contribution < -0.4 is 14.8 Å². The van der Waals surface area contributed by atoms with Crippen LogP contribution in [0, 0.1) is 10.1 Å². The summed E-state index contributed by atoms with van der Waals surface area (Å²) in [5.74, 6) is -0.651. The van der Waals surface area contributed by atoms with Crippen molar-refractivity contribution in [2.45, 2.75) is 0 Å². The molecule has 0 fully saturated rings. The van der Waals surface area contributed by atoms with E-state index in [4.69, 9.17) is 21.1 Å². The minimum absolute atomic E-state index is 0.272. The highest BCUT2D eigenvalue weighted by atomic mass is 35.5. The van der Waals surface area contributed by atoms with Crippen LogP contribution in [-0.4, -0.2) is 23.5 Å². The average Bonchev–Trinajstić information content (AvgIpc) is 2.54. The topological polar surface area (TPSA) is 108 Å². The molecule has 0 aliphatic rings. The van der Waals surface area contributed by atoms with Gasteiger partial charge in [0.25, 0.3) is 5.91 Å². The van der Waals surface area contributed by atoms with Gasteiger partial charge in [-0.3, -0.25) is 20.2 Å². The van der Waals surface area contributed by atoms with E-state index in [2.05, 4.69) is 0 Å². The lowest BCUT2D eigenvalue weighted by Gasteiger charge is -2.07. The molecular formula is C15H11ClN2O6. The molecule has 2 aromatic carbocycles. The van der Waals surface area contributed by atoms with E-state index in [-0.39, 0.29) is 5.75 Å². The largest absolute Gasteiger partial charge is 0.484 e. The Labute approximate surface area is 141 Å². The molecule has 0 unspecified atom stereocenters. The van der Waals surface area contributed by atoms with Crippen LogP contribution in [0.4, 0.5) is 10.5 Å². The van der Waals surface area contributed by atoms with Crippen LogP contribution in [0.3, 0.4) is 0 Å². The summed E-state index contributed by atoms with van der Waals surface area (Å²) in [5, 5.41) is 13.2. The van der Waals surface area contributed by atoms with E-state index in [0.717, 1.165) is 0 Å². The van der Waals surface area contributed by atoms with Crippen LogP contribution in [0.2, 0.25) is 5.02 Å². The van der Waals surface area contributed by atoms with Gasteiger partial charge in [-0.1, -0.05) is 23.7 Å². The van der Waals surface area contributed by atoms with Crippen LogP contribution >= 0.6 is 11.6 Å². The first-order valence-corrected chi connectivity index (χ1v) is 6.97. The summed E-state index contributed by atoms with van der Waals surface area (Å²) >= 11 is 5.71. The maximum atomic E-state index is 11.6. The van der Waals surface area contributed by atoms with E-state index in [1.54, 1.807) is 24.3 Å². The molecule has 0 aromatic heterocycles. The minimum Gasteiger partial charge on any atom is -0.484 e. The Balaban J connectivity index is 1.87. The lowest BCUT2D eigenvalue weighted by molar-refractivity contribution is -0.385. The summed E-state index contributed by atoms with van der Waals surface area (Å²) in [7, 11) is 0. The van der Waals surface area contributed by atoms with Crippen LogP contribution in [0.1, 0.15) is 0 Å². The number of benzene rings is 2. The van der Waals surface area contributed by atoms with Gasteiger partial charge in [0, 0.05) is 11.1 Å². The molecular weight excluding hydrogens is 340 g/mol. The predicted molar refractivity (Wildman–Crippen MR) is 84.2 cm³/mol. The second-order valence-corrected chi connectivity index (χ2v) is 4.84. The van der Waals surface area contributed by atoms with E-state index in [9.17, 15) is 19.7 Å². The number of nitrogens with one attached hydrogen (secondary N) is 1. The smallest absolute Gasteiger partial charge is 0.419 e. The van der Waals surface area contributed by atoms with E-state index in [1.807, 2.05) is 5.32 Å². The molecule has 0 aliphatic carbocycles. The van der Waals surface area contributed by atoms with Gasteiger partial charge >= 0.3 is 11.8 Å². The molecule has 2 amide bonds. The van der Waals surface area contributed by atoms with Gasteiger partial charge in [-0.25, -0.2) is 4.79 Å². The van der Waals surface area contributed by atoms with Crippen molar-refractivity contribution in [1.82, 2.24) is 5.32 Å². The second-order valence-electron chi connectivity index (χ2n) is 4.41. The van der Waals surface area contributed by atoms with Crippen molar-refractivity contribution in [3.8, 4) is 11.5 Å². The van der Waals surface area contributed by atoms with Gasteiger partial charge in [-0.15, -0.1) is 0 Å². The Kier molecular flexibility index (Phi) is 5.69. The number of imide groups is 1. The average molecular weight is 351 g/mol. The van der Waals surface area contributed by atoms with Crippen molar-refractivity contribution in [3.63, 3.8) is 0 Å². The van der Waals surface area contributed by atoms with Gasteiger partial charge in [0.15, 0.2) is 6.61 Å². The maximum absolute atomic E-state index is 11.6. The SMILES string of the molecule is O=C(COc1ccc(Cl)cc1)NC(=O)Oc1ccccc1[N+](=O)[O-]. The van der Waals surface area contributed by atoms with Crippen LogP contribution in [0.5, 0.6) is 11.5 Å². The number of para-hydroxylation sites is 2. The highest BCUT2D eigenvalue weighted by Crippen LogP contribution is 2.25. The molecule has 124 valence electrons. The summed E-state index contributed by atoms with van der Waals surface area (Å²) in [6.07, 6.45) is -1.14. The molecule has 0 aliphatic heterocycles. The molecule has 0 spiro atoms. The molecule has 2 rings (SSSR count). The number of halogens is 1. The number of ether oxygens (including phenoxy) is 2. The van der Waals surface area contributed by atoms with E-state index in [0.29, 0.717) is 10.8 Å².